The molecule has 0 saturated heterocycles. The van der Waals surface area contributed by atoms with Crippen LogP contribution in [0.25, 0.3) is 0 Å². The van der Waals surface area contributed by atoms with Crippen LogP contribution in [0.15, 0.2) is 0 Å². The van der Waals surface area contributed by atoms with Gasteiger partial charge in [0.25, 0.3) is 0 Å². The smallest absolute Gasteiger partial charge is 0.822 e. The van der Waals surface area contributed by atoms with Crippen LogP contribution in [0, 0.1) is 0 Å². The van der Waals surface area contributed by atoms with E-state index >= 15 is 0 Å². The maximum atomic E-state index is 8.55. The molecule has 0 aliphatic rings. The summed E-state index contributed by atoms with van der Waals surface area (Å²) in [4.78, 5) is 25.6. The van der Waals surface area contributed by atoms with Crippen molar-refractivity contribution in [3.05, 3.63) is 0 Å². The molecule has 9 heteroatoms. The fraction of sp³-hybridized carbons (Fsp3) is 0. The van der Waals surface area contributed by atoms with Gasteiger partial charge < -0.3 is 19.2 Å². The van der Waals surface area contributed by atoms with Crippen molar-refractivity contribution >= 4 is 44.4 Å². The first-order valence-electron chi connectivity index (χ1n) is 0.730. The number of rotatable bonds is 0. The van der Waals surface area contributed by atoms with Crippen molar-refractivity contribution in [2.45, 2.75) is 0 Å². The van der Waals surface area contributed by atoms with Crippen LogP contribution < -0.4 is 14.7 Å². The number of hydrogen-bond donors (Lipinski definition) is 0. The molecule has 0 aliphatic carbocycles. The Kier molecular flexibility index (Phi) is 42.6. The first-order chi connectivity index (χ1) is 2.00. The Morgan fingerprint density at radius 2 is 1.11 bits per heavy atom. The van der Waals surface area contributed by atoms with Crippen molar-refractivity contribution in [1.82, 2.24) is 0 Å². The minimum absolute atomic E-state index is 0. The van der Waals surface area contributed by atoms with E-state index in [0.29, 0.717) is 0 Å². The fourth-order valence-corrected chi connectivity index (χ4v) is 0. The van der Waals surface area contributed by atoms with Gasteiger partial charge in [-0.05, 0) is 0 Å². The summed E-state index contributed by atoms with van der Waals surface area (Å²) in [6.45, 7) is 0. The van der Waals surface area contributed by atoms with E-state index < -0.39 is 7.82 Å². The number of phosphoric acid groups is 1. The summed E-state index contributed by atoms with van der Waals surface area (Å²) in [5.41, 5.74) is 0. The summed E-state index contributed by atoms with van der Waals surface area (Å²) in [6, 6.07) is 0. The van der Waals surface area contributed by atoms with Gasteiger partial charge in [-0.1, -0.05) is 0 Å². The molecule has 0 bridgehead atoms. The zero-order valence-corrected chi connectivity index (χ0v) is 8.19. The average molecular weight is 223 g/mol. The van der Waals surface area contributed by atoms with Crippen molar-refractivity contribution in [3.63, 3.8) is 0 Å². The maximum Gasteiger partial charge on any atom is 3.00 e. The molecule has 0 N–H and O–H groups in total. The van der Waals surface area contributed by atoms with Gasteiger partial charge in [0.2, 0.25) is 0 Å². The van der Waals surface area contributed by atoms with Crippen molar-refractivity contribution in [1.29, 1.82) is 0 Å². The van der Waals surface area contributed by atoms with Crippen molar-refractivity contribution in [2.24, 2.45) is 0 Å². The van der Waals surface area contributed by atoms with Crippen LogP contribution in [-0.4, -0.2) is 23.1 Å². The molecule has 0 fully saturated rings. The van der Waals surface area contributed by atoms with Crippen LogP contribution in [0.3, 0.4) is 0 Å². The molecule has 0 aliphatic heterocycles. The Hall–Kier alpha value is 1.71. The minimum atomic E-state index is -5.39. The second kappa shape index (κ2) is 12.4. The molecule has 0 aromatic heterocycles. The molecule has 5 nitrogen and oxygen atoms in total. The van der Waals surface area contributed by atoms with E-state index in [9.17, 15) is 0 Å². The standard InChI is InChI=1S/Fe.Mg.H3O4P.O.S/c;;1-5(2,3)4;;/h;;(H3,1,2,3,4);;/q+3;;;;/p-3. The van der Waals surface area contributed by atoms with Gasteiger partial charge in [-0.2, -0.15) is 7.82 Å². The first kappa shape index (κ1) is 31.0. The molecular formula is FeMgO5PS. The van der Waals surface area contributed by atoms with E-state index in [1.807, 2.05) is 0 Å². The Morgan fingerprint density at radius 1 is 1.11 bits per heavy atom. The van der Waals surface area contributed by atoms with Gasteiger partial charge in [0.15, 0.2) is 0 Å². The molecule has 0 aromatic carbocycles. The largest absolute Gasteiger partial charge is 3.00 e. The predicted molar refractivity (Wildman–Crippen MR) is 21.6 cm³/mol. The molecule has 0 aromatic rings. The van der Waals surface area contributed by atoms with Gasteiger partial charge in [0.1, 0.15) is 0 Å². The Balaban J connectivity index is -0.0000000133. The van der Waals surface area contributed by atoms with E-state index in [0.717, 1.165) is 0 Å². The normalized spacial score (nSPS) is 6.56. The summed E-state index contributed by atoms with van der Waals surface area (Å²) in [6.07, 6.45) is 0. The second-order valence-corrected chi connectivity index (χ2v) is 1.34. The van der Waals surface area contributed by atoms with E-state index in [1.54, 1.807) is 0 Å². The molecule has 0 unspecified atom stereocenters. The Labute approximate surface area is 85.8 Å². The maximum absolute atomic E-state index is 8.55. The minimum Gasteiger partial charge on any atom is -0.822 e. The summed E-state index contributed by atoms with van der Waals surface area (Å²) >= 11 is 0. The molecular weight excluding hydrogens is 223 g/mol. The molecule has 0 saturated carbocycles. The van der Waals surface area contributed by atoms with Gasteiger partial charge in [0.05, 0.1) is 0 Å². The van der Waals surface area contributed by atoms with Crippen LogP contribution in [-0.2, 0) is 27.1 Å². The third-order valence-corrected chi connectivity index (χ3v) is 0. The van der Waals surface area contributed by atoms with Crippen LogP contribution >= 0.6 is 21.3 Å². The molecule has 0 rings (SSSR count). The van der Waals surface area contributed by atoms with Gasteiger partial charge in [-0.3, -0.25) is 0 Å². The van der Waals surface area contributed by atoms with Crippen LogP contribution in [0.4, 0.5) is 0 Å². The molecule has 51 valence electrons. The third-order valence-electron chi connectivity index (χ3n) is 0. The predicted octanol–water partition coefficient (Wildman–Crippen LogP) is -2.68. The third kappa shape index (κ3) is 198. The molecule has 0 heterocycles. The van der Waals surface area contributed by atoms with Gasteiger partial charge in [-0.25, -0.2) is 0 Å². The second-order valence-electron chi connectivity index (χ2n) is 0.447. The summed E-state index contributed by atoms with van der Waals surface area (Å²) in [5.74, 6) is 0. The van der Waals surface area contributed by atoms with E-state index in [2.05, 4.69) is 0 Å². The van der Waals surface area contributed by atoms with Crippen molar-refractivity contribution in [3.8, 4) is 0 Å². The summed E-state index contributed by atoms with van der Waals surface area (Å²) in [7, 11) is -5.39. The number of hydrogen-bond acceptors (Lipinski definition) is 4. The monoisotopic (exact) mass is 223 g/mol. The topological polar surface area (TPSA) is 115 Å². The quantitative estimate of drug-likeness (QED) is 0.328. The molecule has 0 amide bonds. The first-order valence-corrected chi connectivity index (χ1v) is 2.19. The summed E-state index contributed by atoms with van der Waals surface area (Å²) < 4.78 is 8.55. The van der Waals surface area contributed by atoms with Crippen LogP contribution in [0.2, 0.25) is 0 Å². The molecule has 0 spiro atoms. The average Bonchev–Trinajstić information content (AvgIpc) is 0.722. The Bertz CT molecular complexity index is 63.1. The molecule has 0 atom stereocenters. The fourth-order valence-electron chi connectivity index (χ4n) is 0. The van der Waals surface area contributed by atoms with Crippen molar-refractivity contribution < 1.29 is 41.8 Å². The van der Waals surface area contributed by atoms with E-state index in [4.69, 9.17) is 19.2 Å². The zero-order chi connectivity index (χ0) is 4.50. The summed E-state index contributed by atoms with van der Waals surface area (Å²) in [5, 5.41) is 0. The van der Waals surface area contributed by atoms with Crippen LogP contribution in [0.1, 0.15) is 0 Å². The van der Waals surface area contributed by atoms with Crippen molar-refractivity contribution in [2.75, 3.05) is 0 Å². The van der Waals surface area contributed by atoms with Gasteiger partial charge >= 0.3 is 17.1 Å². The van der Waals surface area contributed by atoms with Gasteiger partial charge in [0, 0.05) is 42.0 Å². The Morgan fingerprint density at radius 3 is 1.11 bits per heavy atom. The molecule has 9 heavy (non-hydrogen) atoms. The van der Waals surface area contributed by atoms with Gasteiger partial charge in [-0.15, -0.1) is 0 Å². The molecule has 7 radical (unpaired) electrons. The van der Waals surface area contributed by atoms with E-state index in [1.165, 1.54) is 0 Å². The van der Waals surface area contributed by atoms with E-state index in [-0.39, 0.29) is 59.1 Å². The zero-order valence-electron chi connectivity index (χ0n) is 3.96. The SMILES string of the molecule is O=P([O-])([O-])[O-].[Fe+3].[Mg].[O].[S]. The van der Waals surface area contributed by atoms with Crippen LogP contribution in [0.5, 0.6) is 0 Å².